The van der Waals surface area contributed by atoms with Crippen LogP contribution in [-0.2, 0) is 4.79 Å². The summed E-state index contributed by atoms with van der Waals surface area (Å²) in [4.78, 5) is 27.2. The van der Waals surface area contributed by atoms with Crippen molar-refractivity contribution in [3.63, 3.8) is 0 Å². The molecule has 142 valence electrons. The highest BCUT2D eigenvalue weighted by Crippen LogP contribution is 2.28. The number of piperazine rings is 1. The Kier molecular flexibility index (Phi) is 5.59. The number of para-hydroxylation sites is 2. The Bertz CT molecular complexity index is 831. The molecule has 0 spiro atoms. The summed E-state index contributed by atoms with van der Waals surface area (Å²) in [6.45, 7) is 5.83. The van der Waals surface area contributed by atoms with Crippen molar-refractivity contribution in [1.29, 1.82) is 0 Å². The molecule has 7 heteroatoms. The molecular formula is C20H23N3O4. The van der Waals surface area contributed by atoms with E-state index in [4.69, 9.17) is 4.74 Å². The minimum Gasteiger partial charge on any atom is -0.481 e. The molecule has 1 fully saturated rings. The zero-order valence-electron chi connectivity index (χ0n) is 15.5. The van der Waals surface area contributed by atoms with Crippen LogP contribution in [0.3, 0.4) is 0 Å². The molecule has 0 bridgehead atoms. The fourth-order valence-corrected chi connectivity index (χ4v) is 3.25. The van der Waals surface area contributed by atoms with Crippen LogP contribution in [0, 0.1) is 17.0 Å². The maximum atomic E-state index is 12.7. The molecule has 1 unspecified atom stereocenters. The molecule has 1 atom stereocenters. The Balaban J connectivity index is 1.60. The van der Waals surface area contributed by atoms with Crippen LogP contribution >= 0.6 is 0 Å². The zero-order valence-corrected chi connectivity index (χ0v) is 15.5. The molecule has 1 saturated heterocycles. The molecule has 2 aromatic rings. The number of benzene rings is 2. The van der Waals surface area contributed by atoms with E-state index >= 15 is 0 Å². The first kappa shape index (κ1) is 18.7. The lowest BCUT2D eigenvalue weighted by atomic mass is 10.2. The number of ether oxygens (including phenoxy) is 1. The van der Waals surface area contributed by atoms with E-state index in [2.05, 4.69) is 0 Å². The second-order valence-corrected chi connectivity index (χ2v) is 6.63. The van der Waals surface area contributed by atoms with Crippen LogP contribution in [0.25, 0.3) is 0 Å². The van der Waals surface area contributed by atoms with Crippen molar-refractivity contribution in [2.45, 2.75) is 20.0 Å². The van der Waals surface area contributed by atoms with E-state index in [1.165, 1.54) is 6.07 Å². The van der Waals surface area contributed by atoms with E-state index in [1.807, 2.05) is 36.1 Å². The Morgan fingerprint density at radius 2 is 1.81 bits per heavy atom. The molecule has 0 saturated carbocycles. The molecule has 1 aliphatic rings. The van der Waals surface area contributed by atoms with E-state index < -0.39 is 6.10 Å². The van der Waals surface area contributed by atoms with E-state index in [9.17, 15) is 14.9 Å². The molecule has 3 rings (SSSR count). The van der Waals surface area contributed by atoms with Crippen LogP contribution in [0.2, 0.25) is 0 Å². The highest BCUT2D eigenvalue weighted by Gasteiger charge is 2.28. The summed E-state index contributed by atoms with van der Waals surface area (Å²) in [5.41, 5.74) is 1.76. The average molecular weight is 369 g/mol. The van der Waals surface area contributed by atoms with Gasteiger partial charge in [0, 0.05) is 32.2 Å². The van der Waals surface area contributed by atoms with Gasteiger partial charge in [-0.1, -0.05) is 24.3 Å². The molecule has 27 heavy (non-hydrogen) atoms. The van der Waals surface area contributed by atoms with E-state index in [1.54, 1.807) is 30.0 Å². The Morgan fingerprint density at radius 3 is 2.48 bits per heavy atom. The fourth-order valence-electron chi connectivity index (χ4n) is 3.25. The van der Waals surface area contributed by atoms with Gasteiger partial charge in [-0.05, 0) is 37.6 Å². The van der Waals surface area contributed by atoms with Gasteiger partial charge in [-0.25, -0.2) is 0 Å². The predicted octanol–water partition coefficient (Wildman–Crippen LogP) is 3.02. The third-order valence-corrected chi connectivity index (χ3v) is 4.66. The Morgan fingerprint density at radius 1 is 1.11 bits per heavy atom. The number of aryl methyl sites for hydroxylation is 1. The second-order valence-electron chi connectivity index (χ2n) is 6.63. The van der Waals surface area contributed by atoms with Crippen molar-refractivity contribution >= 4 is 17.3 Å². The number of anilines is 1. The van der Waals surface area contributed by atoms with Gasteiger partial charge in [0.05, 0.1) is 4.92 Å². The maximum absolute atomic E-state index is 12.7. The highest BCUT2D eigenvalue weighted by atomic mass is 16.6. The number of nitro groups is 1. The number of carbonyl (C=O) groups excluding carboxylic acids is 1. The van der Waals surface area contributed by atoms with Gasteiger partial charge in [0.1, 0.15) is 11.4 Å². The summed E-state index contributed by atoms with van der Waals surface area (Å²) < 4.78 is 5.78. The third-order valence-electron chi connectivity index (χ3n) is 4.66. The summed E-state index contributed by atoms with van der Waals surface area (Å²) in [6.07, 6.45) is -0.579. The largest absolute Gasteiger partial charge is 0.481 e. The molecular weight excluding hydrogens is 346 g/mol. The number of carbonyl (C=O) groups is 1. The number of amides is 1. The van der Waals surface area contributed by atoms with Gasteiger partial charge < -0.3 is 14.5 Å². The van der Waals surface area contributed by atoms with Gasteiger partial charge in [0.15, 0.2) is 6.10 Å². The first-order valence-corrected chi connectivity index (χ1v) is 8.96. The summed E-state index contributed by atoms with van der Waals surface area (Å²) in [5, 5.41) is 11.2. The smallest absolute Gasteiger partial charge is 0.292 e. The van der Waals surface area contributed by atoms with Crippen molar-refractivity contribution in [3.8, 4) is 5.75 Å². The van der Waals surface area contributed by atoms with Crippen LogP contribution in [-0.4, -0.2) is 48.0 Å². The molecule has 0 radical (unpaired) electrons. The standard InChI is InChI=1S/C20H23N3O4/c1-15-6-5-7-17(14-15)27-16(2)20(24)22-12-10-21(11-13-22)18-8-3-4-9-19(18)23(25)26/h3-9,14,16H,10-13H2,1-2H3. The van der Waals surface area contributed by atoms with Crippen LogP contribution in [0.5, 0.6) is 5.75 Å². The van der Waals surface area contributed by atoms with Gasteiger partial charge >= 0.3 is 0 Å². The Labute approximate surface area is 158 Å². The molecule has 1 amide bonds. The maximum Gasteiger partial charge on any atom is 0.292 e. The Hall–Kier alpha value is -3.09. The quantitative estimate of drug-likeness (QED) is 0.598. The zero-order chi connectivity index (χ0) is 19.4. The van der Waals surface area contributed by atoms with Crippen LogP contribution in [0.1, 0.15) is 12.5 Å². The minimum atomic E-state index is -0.579. The lowest BCUT2D eigenvalue weighted by Crippen LogP contribution is -2.52. The second kappa shape index (κ2) is 8.07. The average Bonchev–Trinajstić information content (AvgIpc) is 2.67. The van der Waals surface area contributed by atoms with Gasteiger partial charge in [0.2, 0.25) is 0 Å². The molecule has 0 aromatic heterocycles. The monoisotopic (exact) mass is 369 g/mol. The van der Waals surface area contributed by atoms with E-state index in [0.717, 1.165) is 5.56 Å². The van der Waals surface area contributed by atoms with Crippen molar-refractivity contribution in [2.75, 3.05) is 31.1 Å². The molecule has 1 heterocycles. The number of hydrogen-bond donors (Lipinski definition) is 0. The third kappa shape index (κ3) is 4.36. The van der Waals surface area contributed by atoms with Crippen LogP contribution in [0.15, 0.2) is 48.5 Å². The SMILES string of the molecule is Cc1cccc(OC(C)C(=O)N2CCN(c3ccccc3[N+](=O)[O-])CC2)c1. The number of rotatable bonds is 5. The summed E-state index contributed by atoms with van der Waals surface area (Å²) in [6, 6.07) is 14.3. The summed E-state index contributed by atoms with van der Waals surface area (Å²) in [5.74, 6) is 0.605. The predicted molar refractivity (Wildman–Crippen MR) is 103 cm³/mol. The topological polar surface area (TPSA) is 75.9 Å². The first-order chi connectivity index (χ1) is 13.0. The van der Waals surface area contributed by atoms with Crippen molar-refractivity contribution in [3.05, 3.63) is 64.2 Å². The number of nitrogens with zero attached hydrogens (tertiary/aromatic N) is 3. The molecule has 2 aromatic carbocycles. The fraction of sp³-hybridized carbons (Fsp3) is 0.350. The first-order valence-electron chi connectivity index (χ1n) is 8.96. The number of hydrogen-bond acceptors (Lipinski definition) is 5. The highest BCUT2D eigenvalue weighted by molar-refractivity contribution is 5.81. The van der Waals surface area contributed by atoms with Crippen molar-refractivity contribution in [2.24, 2.45) is 0 Å². The number of nitro benzene ring substituents is 1. The van der Waals surface area contributed by atoms with Crippen LogP contribution < -0.4 is 9.64 Å². The normalized spacial score (nSPS) is 15.3. The van der Waals surface area contributed by atoms with Crippen molar-refractivity contribution in [1.82, 2.24) is 4.90 Å². The van der Waals surface area contributed by atoms with Gasteiger partial charge in [-0.2, -0.15) is 0 Å². The van der Waals surface area contributed by atoms with E-state index in [-0.39, 0.29) is 16.5 Å². The van der Waals surface area contributed by atoms with E-state index in [0.29, 0.717) is 37.6 Å². The molecule has 7 nitrogen and oxygen atoms in total. The van der Waals surface area contributed by atoms with Crippen molar-refractivity contribution < 1.29 is 14.5 Å². The summed E-state index contributed by atoms with van der Waals surface area (Å²) >= 11 is 0. The summed E-state index contributed by atoms with van der Waals surface area (Å²) in [7, 11) is 0. The minimum absolute atomic E-state index is 0.0706. The molecule has 0 aliphatic carbocycles. The lowest BCUT2D eigenvalue weighted by Gasteiger charge is -2.36. The van der Waals surface area contributed by atoms with Gasteiger partial charge in [-0.3, -0.25) is 14.9 Å². The molecule has 1 aliphatic heterocycles. The van der Waals surface area contributed by atoms with Gasteiger partial charge in [-0.15, -0.1) is 0 Å². The molecule has 0 N–H and O–H groups in total. The van der Waals surface area contributed by atoms with Crippen LogP contribution in [0.4, 0.5) is 11.4 Å². The van der Waals surface area contributed by atoms with Gasteiger partial charge in [0.25, 0.3) is 11.6 Å². The lowest BCUT2D eigenvalue weighted by molar-refractivity contribution is -0.384.